The zero-order valence-corrected chi connectivity index (χ0v) is 8.01. The van der Waals surface area contributed by atoms with Gasteiger partial charge in [-0.1, -0.05) is 22.0 Å². The van der Waals surface area contributed by atoms with Crippen LogP contribution in [0.3, 0.4) is 0 Å². The Bertz CT molecular complexity index is 278. The summed E-state index contributed by atoms with van der Waals surface area (Å²) in [5.41, 5.74) is 6.35. The maximum absolute atomic E-state index is 12.8. The average molecular weight is 230 g/mol. The van der Waals surface area contributed by atoms with E-state index in [2.05, 4.69) is 22.5 Å². The Morgan fingerprint density at radius 1 is 1.50 bits per heavy atom. The second-order valence-corrected chi connectivity index (χ2v) is 3.38. The minimum atomic E-state index is -0.308. The van der Waals surface area contributed by atoms with Gasteiger partial charge in [0.05, 0.1) is 0 Å². The summed E-state index contributed by atoms with van der Waals surface area (Å²) in [5, 5.41) is 0. The standard InChI is InChI=1S/C9H9BrFN/c1-2-9(12)6-3-7(10)5-8(11)4-6/h2-5,9H,1,12H2. The molecule has 1 rings (SSSR count). The molecule has 0 saturated carbocycles. The Kier molecular flexibility index (Phi) is 3.00. The highest BCUT2D eigenvalue weighted by atomic mass is 79.9. The van der Waals surface area contributed by atoms with Gasteiger partial charge in [0.25, 0.3) is 0 Å². The monoisotopic (exact) mass is 229 g/mol. The van der Waals surface area contributed by atoms with Gasteiger partial charge >= 0.3 is 0 Å². The molecule has 0 bridgehead atoms. The molecule has 1 nitrogen and oxygen atoms in total. The molecule has 0 aliphatic heterocycles. The number of nitrogens with two attached hydrogens (primary N) is 1. The summed E-state index contributed by atoms with van der Waals surface area (Å²) in [6.07, 6.45) is 1.57. The van der Waals surface area contributed by atoms with Crippen LogP contribution in [0.1, 0.15) is 11.6 Å². The van der Waals surface area contributed by atoms with Crippen molar-refractivity contribution in [3.05, 3.63) is 46.7 Å². The van der Waals surface area contributed by atoms with Crippen molar-refractivity contribution >= 4 is 15.9 Å². The van der Waals surface area contributed by atoms with E-state index in [4.69, 9.17) is 5.73 Å². The van der Waals surface area contributed by atoms with Crippen LogP contribution in [0.5, 0.6) is 0 Å². The lowest BCUT2D eigenvalue weighted by atomic mass is 10.1. The molecule has 0 aliphatic rings. The van der Waals surface area contributed by atoms with Crippen LogP contribution in [0.15, 0.2) is 35.3 Å². The molecule has 0 saturated heterocycles. The van der Waals surface area contributed by atoms with Crippen LogP contribution in [0.4, 0.5) is 4.39 Å². The fraction of sp³-hybridized carbons (Fsp3) is 0.111. The lowest BCUT2D eigenvalue weighted by molar-refractivity contribution is 0.623. The number of hydrogen-bond donors (Lipinski definition) is 1. The molecule has 12 heavy (non-hydrogen) atoms. The zero-order valence-electron chi connectivity index (χ0n) is 6.43. The molecule has 64 valence electrons. The Hall–Kier alpha value is -0.670. The predicted molar refractivity (Wildman–Crippen MR) is 51.2 cm³/mol. The summed E-state index contributed by atoms with van der Waals surface area (Å²) < 4.78 is 13.5. The van der Waals surface area contributed by atoms with E-state index in [1.165, 1.54) is 12.1 Å². The van der Waals surface area contributed by atoms with E-state index >= 15 is 0 Å². The second-order valence-electron chi connectivity index (χ2n) is 2.46. The van der Waals surface area contributed by atoms with Crippen LogP contribution < -0.4 is 5.73 Å². The third-order valence-electron chi connectivity index (χ3n) is 1.52. The highest BCUT2D eigenvalue weighted by Gasteiger charge is 2.03. The number of halogens is 2. The second kappa shape index (κ2) is 3.83. The molecule has 0 heterocycles. The molecule has 0 aromatic heterocycles. The minimum Gasteiger partial charge on any atom is -0.321 e. The van der Waals surface area contributed by atoms with E-state index in [9.17, 15) is 4.39 Å². The van der Waals surface area contributed by atoms with Crippen LogP contribution in [0.2, 0.25) is 0 Å². The molecule has 1 aromatic carbocycles. The first-order valence-corrected chi connectivity index (χ1v) is 4.27. The molecule has 0 radical (unpaired) electrons. The molecule has 0 spiro atoms. The van der Waals surface area contributed by atoms with Gasteiger partial charge in [-0.25, -0.2) is 4.39 Å². The molecular weight excluding hydrogens is 221 g/mol. The van der Waals surface area contributed by atoms with Crippen molar-refractivity contribution in [2.45, 2.75) is 6.04 Å². The smallest absolute Gasteiger partial charge is 0.124 e. The molecule has 1 unspecified atom stereocenters. The van der Waals surface area contributed by atoms with E-state index in [1.807, 2.05) is 0 Å². The highest BCUT2D eigenvalue weighted by Crippen LogP contribution is 2.19. The van der Waals surface area contributed by atoms with Gasteiger partial charge in [-0.05, 0) is 23.8 Å². The molecule has 1 atom stereocenters. The lowest BCUT2D eigenvalue weighted by Crippen LogP contribution is -2.06. The fourth-order valence-electron chi connectivity index (χ4n) is 0.904. The Balaban J connectivity index is 3.08. The quantitative estimate of drug-likeness (QED) is 0.776. The predicted octanol–water partition coefficient (Wildman–Crippen LogP) is 2.77. The zero-order chi connectivity index (χ0) is 9.14. The summed E-state index contributed by atoms with van der Waals surface area (Å²) in [7, 11) is 0. The average Bonchev–Trinajstić information content (AvgIpc) is 2.01. The SMILES string of the molecule is C=CC(N)c1cc(F)cc(Br)c1. The van der Waals surface area contributed by atoms with Crippen molar-refractivity contribution in [3.63, 3.8) is 0 Å². The highest BCUT2D eigenvalue weighted by molar-refractivity contribution is 9.10. The van der Waals surface area contributed by atoms with Crippen molar-refractivity contribution in [1.29, 1.82) is 0 Å². The number of rotatable bonds is 2. The molecule has 1 aromatic rings. The first-order chi connectivity index (χ1) is 5.63. The first-order valence-electron chi connectivity index (χ1n) is 3.47. The van der Waals surface area contributed by atoms with Gasteiger partial charge in [-0.3, -0.25) is 0 Å². The molecule has 2 N–H and O–H groups in total. The largest absolute Gasteiger partial charge is 0.321 e. The summed E-state index contributed by atoms with van der Waals surface area (Å²) in [5.74, 6) is -0.295. The minimum absolute atomic E-state index is 0.295. The van der Waals surface area contributed by atoms with Gasteiger partial charge in [-0.15, -0.1) is 6.58 Å². The number of benzene rings is 1. The van der Waals surface area contributed by atoms with Gasteiger partial charge in [0.15, 0.2) is 0 Å². The van der Waals surface area contributed by atoms with E-state index in [0.29, 0.717) is 4.47 Å². The van der Waals surface area contributed by atoms with Gasteiger partial charge in [0, 0.05) is 10.5 Å². The molecule has 0 fully saturated rings. The van der Waals surface area contributed by atoms with Crippen molar-refractivity contribution in [2.24, 2.45) is 5.73 Å². The van der Waals surface area contributed by atoms with E-state index < -0.39 is 0 Å². The third-order valence-corrected chi connectivity index (χ3v) is 1.98. The summed E-state index contributed by atoms with van der Waals surface area (Å²) in [6, 6.07) is 4.25. The van der Waals surface area contributed by atoms with Crippen LogP contribution in [-0.2, 0) is 0 Å². The van der Waals surface area contributed by atoms with Gasteiger partial charge in [-0.2, -0.15) is 0 Å². The summed E-state index contributed by atoms with van der Waals surface area (Å²) in [6.45, 7) is 3.53. The molecule has 0 amide bonds. The van der Waals surface area contributed by atoms with Crippen molar-refractivity contribution < 1.29 is 4.39 Å². The molecule has 0 aliphatic carbocycles. The Morgan fingerprint density at radius 2 is 2.17 bits per heavy atom. The van der Waals surface area contributed by atoms with Crippen molar-refractivity contribution in [2.75, 3.05) is 0 Å². The van der Waals surface area contributed by atoms with E-state index in [-0.39, 0.29) is 11.9 Å². The van der Waals surface area contributed by atoms with Crippen LogP contribution in [0, 0.1) is 5.82 Å². The van der Waals surface area contributed by atoms with Gasteiger partial charge in [0.1, 0.15) is 5.82 Å². The molecule has 3 heteroatoms. The number of hydrogen-bond acceptors (Lipinski definition) is 1. The maximum atomic E-state index is 12.8. The van der Waals surface area contributed by atoms with E-state index in [1.54, 1.807) is 12.1 Å². The maximum Gasteiger partial charge on any atom is 0.124 e. The van der Waals surface area contributed by atoms with Gasteiger partial charge < -0.3 is 5.73 Å². The summed E-state index contributed by atoms with van der Waals surface area (Å²) >= 11 is 3.18. The van der Waals surface area contributed by atoms with Crippen LogP contribution in [0.25, 0.3) is 0 Å². The van der Waals surface area contributed by atoms with Gasteiger partial charge in [0.2, 0.25) is 0 Å². The topological polar surface area (TPSA) is 26.0 Å². The molecular formula is C9H9BrFN. The fourth-order valence-corrected chi connectivity index (χ4v) is 1.39. The Labute approximate surface area is 79.2 Å². The summed E-state index contributed by atoms with van der Waals surface area (Å²) in [4.78, 5) is 0. The van der Waals surface area contributed by atoms with Crippen LogP contribution >= 0.6 is 15.9 Å². The third kappa shape index (κ3) is 2.16. The van der Waals surface area contributed by atoms with Crippen molar-refractivity contribution in [3.8, 4) is 0 Å². The van der Waals surface area contributed by atoms with Crippen molar-refractivity contribution in [1.82, 2.24) is 0 Å². The van der Waals surface area contributed by atoms with E-state index in [0.717, 1.165) is 5.56 Å². The normalized spacial score (nSPS) is 12.6. The lowest BCUT2D eigenvalue weighted by Gasteiger charge is -2.06. The Morgan fingerprint density at radius 3 is 2.67 bits per heavy atom. The van der Waals surface area contributed by atoms with Crippen LogP contribution in [-0.4, -0.2) is 0 Å². The first kappa shape index (κ1) is 9.42.